The van der Waals surface area contributed by atoms with Crippen LogP contribution in [-0.4, -0.2) is 45.8 Å². The number of hydrogen-bond donors (Lipinski definition) is 3. The molecule has 1 aliphatic rings. The van der Waals surface area contributed by atoms with Gasteiger partial charge in [0.2, 0.25) is 10.0 Å². The number of benzene rings is 2. The zero-order valence-corrected chi connectivity index (χ0v) is 22.0. The number of carbonyl (C=O) groups is 1. The summed E-state index contributed by atoms with van der Waals surface area (Å²) in [6.07, 6.45) is 4.96. The van der Waals surface area contributed by atoms with Gasteiger partial charge in [0.1, 0.15) is 12.4 Å². The molecular weight excluding hydrogens is 542 g/mol. The Morgan fingerprint density at radius 3 is 2.47 bits per heavy atom. The van der Waals surface area contributed by atoms with E-state index in [1.165, 1.54) is 12.1 Å². The zero-order valence-electron chi connectivity index (χ0n) is 18.8. The largest absolute Gasteiger partial charge is 0.490 e. The molecular formula is C23H28BrN3O5S2. The molecule has 3 N–H and O–H groups in total. The number of ether oxygens (including phenoxy) is 2. The summed E-state index contributed by atoms with van der Waals surface area (Å²) < 4.78 is 39.4. The summed E-state index contributed by atoms with van der Waals surface area (Å²) in [6, 6.07) is 11.3. The lowest BCUT2D eigenvalue weighted by Crippen LogP contribution is -2.36. The third-order valence-electron chi connectivity index (χ3n) is 5.31. The van der Waals surface area contributed by atoms with Crippen molar-refractivity contribution in [1.29, 1.82) is 0 Å². The predicted molar refractivity (Wildman–Crippen MR) is 139 cm³/mol. The summed E-state index contributed by atoms with van der Waals surface area (Å²) in [6.45, 7) is 0.685. The van der Waals surface area contributed by atoms with Gasteiger partial charge in [-0.15, -0.1) is 0 Å². The number of anilines is 1. The maximum Gasteiger partial charge on any atom is 0.261 e. The van der Waals surface area contributed by atoms with Gasteiger partial charge >= 0.3 is 0 Å². The SMILES string of the molecule is COCCOc1ccc(Br)cc1C(=O)NC(=S)Nc1ccc(S(=O)(=O)NC2CCCCC2)cc1. The summed E-state index contributed by atoms with van der Waals surface area (Å²) in [5, 5.41) is 5.59. The Morgan fingerprint density at radius 1 is 1.09 bits per heavy atom. The molecule has 0 aromatic heterocycles. The molecule has 1 fully saturated rings. The van der Waals surface area contributed by atoms with Crippen molar-refractivity contribution in [3.05, 3.63) is 52.5 Å². The highest BCUT2D eigenvalue weighted by molar-refractivity contribution is 9.10. The maximum atomic E-state index is 12.8. The lowest BCUT2D eigenvalue weighted by molar-refractivity contribution is 0.0969. The Balaban J connectivity index is 1.60. The topological polar surface area (TPSA) is 106 Å². The van der Waals surface area contributed by atoms with E-state index in [1.807, 2.05) is 0 Å². The zero-order chi connectivity index (χ0) is 24.6. The van der Waals surface area contributed by atoms with Crippen LogP contribution in [0.5, 0.6) is 5.75 Å². The van der Waals surface area contributed by atoms with Gasteiger partial charge in [0.15, 0.2) is 5.11 Å². The first-order valence-electron chi connectivity index (χ1n) is 10.9. The van der Waals surface area contributed by atoms with E-state index in [-0.39, 0.29) is 16.0 Å². The average molecular weight is 571 g/mol. The van der Waals surface area contributed by atoms with Crippen molar-refractivity contribution in [3.63, 3.8) is 0 Å². The van der Waals surface area contributed by atoms with Gasteiger partial charge in [0.25, 0.3) is 5.91 Å². The molecule has 0 heterocycles. The van der Waals surface area contributed by atoms with E-state index in [9.17, 15) is 13.2 Å². The van der Waals surface area contributed by atoms with Crippen LogP contribution in [0.4, 0.5) is 5.69 Å². The molecule has 184 valence electrons. The van der Waals surface area contributed by atoms with Crippen molar-refractivity contribution in [2.24, 2.45) is 0 Å². The van der Waals surface area contributed by atoms with E-state index in [0.717, 1.165) is 32.1 Å². The van der Waals surface area contributed by atoms with E-state index < -0.39 is 15.9 Å². The monoisotopic (exact) mass is 569 g/mol. The van der Waals surface area contributed by atoms with Crippen molar-refractivity contribution < 1.29 is 22.7 Å². The number of hydrogen-bond acceptors (Lipinski definition) is 6. The van der Waals surface area contributed by atoms with Crippen LogP contribution in [0.2, 0.25) is 0 Å². The number of nitrogens with one attached hydrogen (secondary N) is 3. The fourth-order valence-electron chi connectivity index (χ4n) is 3.60. The van der Waals surface area contributed by atoms with Gasteiger partial charge in [-0.3, -0.25) is 10.1 Å². The molecule has 2 aromatic rings. The fraction of sp³-hybridized carbons (Fsp3) is 0.391. The van der Waals surface area contributed by atoms with E-state index >= 15 is 0 Å². The first-order valence-corrected chi connectivity index (χ1v) is 13.6. The number of sulfonamides is 1. The molecule has 0 bridgehead atoms. The normalized spacial score (nSPS) is 14.4. The molecule has 0 aliphatic heterocycles. The third kappa shape index (κ3) is 7.74. The van der Waals surface area contributed by atoms with Crippen LogP contribution in [0.25, 0.3) is 0 Å². The van der Waals surface area contributed by atoms with Gasteiger partial charge in [0, 0.05) is 23.3 Å². The van der Waals surface area contributed by atoms with Crippen molar-refractivity contribution in [2.45, 2.75) is 43.0 Å². The van der Waals surface area contributed by atoms with Gasteiger partial charge in [-0.25, -0.2) is 13.1 Å². The van der Waals surface area contributed by atoms with Crippen LogP contribution in [0.1, 0.15) is 42.5 Å². The number of carbonyl (C=O) groups excluding carboxylic acids is 1. The summed E-state index contributed by atoms with van der Waals surface area (Å²) >= 11 is 8.62. The highest BCUT2D eigenvalue weighted by Gasteiger charge is 2.22. The second-order valence-electron chi connectivity index (χ2n) is 7.87. The van der Waals surface area contributed by atoms with Gasteiger partial charge in [-0.2, -0.15) is 0 Å². The van der Waals surface area contributed by atoms with E-state index in [2.05, 4.69) is 31.3 Å². The van der Waals surface area contributed by atoms with E-state index in [0.29, 0.717) is 34.7 Å². The van der Waals surface area contributed by atoms with Crippen LogP contribution in [0.3, 0.4) is 0 Å². The third-order valence-corrected chi connectivity index (χ3v) is 7.54. The highest BCUT2D eigenvalue weighted by Crippen LogP contribution is 2.24. The number of methoxy groups -OCH3 is 1. The fourth-order valence-corrected chi connectivity index (χ4v) is 5.48. The molecule has 3 rings (SSSR count). The first kappa shape index (κ1) is 26.6. The number of rotatable bonds is 9. The minimum Gasteiger partial charge on any atom is -0.490 e. The van der Waals surface area contributed by atoms with Gasteiger partial charge in [-0.05, 0) is 67.5 Å². The van der Waals surface area contributed by atoms with Gasteiger partial charge in [0.05, 0.1) is 17.1 Å². The van der Waals surface area contributed by atoms with Crippen molar-refractivity contribution in [3.8, 4) is 5.75 Å². The summed E-state index contributed by atoms with van der Waals surface area (Å²) in [5.41, 5.74) is 0.859. The second kappa shape index (κ2) is 12.6. The van der Waals surface area contributed by atoms with Gasteiger partial charge < -0.3 is 14.8 Å². The van der Waals surface area contributed by atoms with Crippen LogP contribution in [-0.2, 0) is 14.8 Å². The highest BCUT2D eigenvalue weighted by atomic mass is 79.9. The number of thiocarbonyl (C=S) groups is 1. The first-order chi connectivity index (χ1) is 16.3. The molecule has 0 spiro atoms. The summed E-state index contributed by atoms with van der Waals surface area (Å²) in [4.78, 5) is 13.0. The lowest BCUT2D eigenvalue weighted by Gasteiger charge is -2.22. The molecule has 1 aliphatic carbocycles. The maximum absolute atomic E-state index is 12.8. The Hall–Kier alpha value is -2.05. The Labute approximate surface area is 214 Å². The standard InChI is InChI=1S/C23H28BrN3O5S2/c1-31-13-14-32-21-12-7-16(24)15-20(21)22(28)26-23(33)25-17-8-10-19(11-9-17)34(29,30)27-18-5-3-2-4-6-18/h7-12,15,18,27H,2-6,13-14H2,1H3,(H2,25,26,28,33). The molecule has 1 amide bonds. The molecule has 0 saturated heterocycles. The van der Waals surface area contributed by atoms with E-state index in [4.69, 9.17) is 21.7 Å². The van der Waals surface area contributed by atoms with Crippen molar-refractivity contribution >= 4 is 54.9 Å². The molecule has 2 aromatic carbocycles. The predicted octanol–water partition coefficient (Wildman–Crippen LogP) is 4.21. The quantitative estimate of drug-likeness (QED) is 0.307. The molecule has 0 unspecified atom stereocenters. The van der Waals surface area contributed by atoms with Crippen molar-refractivity contribution in [1.82, 2.24) is 10.0 Å². The number of halogens is 1. The molecule has 8 nitrogen and oxygen atoms in total. The second-order valence-corrected chi connectivity index (χ2v) is 10.9. The number of amides is 1. The Bertz CT molecular complexity index is 1100. The molecule has 0 radical (unpaired) electrons. The minimum absolute atomic E-state index is 0.0132. The molecule has 11 heteroatoms. The van der Waals surface area contributed by atoms with Crippen LogP contribution < -0.4 is 20.1 Å². The van der Waals surface area contributed by atoms with Gasteiger partial charge in [-0.1, -0.05) is 35.2 Å². The summed E-state index contributed by atoms with van der Waals surface area (Å²) in [7, 11) is -2.02. The van der Waals surface area contributed by atoms with Crippen LogP contribution >= 0.6 is 28.1 Å². The van der Waals surface area contributed by atoms with Crippen LogP contribution in [0, 0.1) is 0 Å². The molecule has 1 saturated carbocycles. The Morgan fingerprint density at radius 2 is 1.79 bits per heavy atom. The smallest absolute Gasteiger partial charge is 0.261 e. The van der Waals surface area contributed by atoms with Crippen molar-refractivity contribution in [2.75, 3.05) is 25.6 Å². The van der Waals surface area contributed by atoms with E-state index in [1.54, 1.807) is 37.4 Å². The lowest BCUT2D eigenvalue weighted by atomic mass is 9.96. The summed E-state index contributed by atoms with van der Waals surface area (Å²) in [5.74, 6) is -0.0392. The average Bonchev–Trinajstić information content (AvgIpc) is 2.80. The van der Waals surface area contributed by atoms with Crippen LogP contribution in [0.15, 0.2) is 51.8 Å². The minimum atomic E-state index is -3.59. The molecule has 34 heavy (non-hydrogen) atoms. The molecule has 0 atom stereocenters. The Kier molecular flexibility index (Phi) is 9.84.